The number of hydrogen-bond acceptors (Lipinski definition) is 5. The third kappa shape index (κ3) is 18.0. The number of aliphatic imine (C=N–C) groups is 2. The van der Waals surface area contributed by atoms with Crippen molar-refractivity contribution in [2.45, 2.75) is 44.0 Å². The second-order valence-corrected chi connectivity index (χ2v) is 10.3. The molecule has 0 aromatic heterocycles. The molecule has 2 rings (SSSR count). The van der Waals surface area contributed by atoms with E-state index < -0.39 is 59.1 Å². The Balaban J connectivity index is 0.00000156. The van der Waals surface area contributed by atoms with Crippen molar-refractivity contribution in [3.63, 3.8) is 0 Å². The number of aliphatic carboxylic acids is 2. The smallest absolute Gasteiger partial charge is 0.475 e. The highest BCUT2D eigenvalue weighted by atomic mass is 19.4. The molecule has 0 saturated carbocycles. The highest BCUT2D eigenvalue weighted by Gasteiger charge is 2.40. The number of guanidine groups is 2. The van der Waals surface area contributed by atoms with E-state index in [2.05, 4.69) is 15.3 Å². The lowest BCUT2D eigenvalue weighted by Gasteiger charge is -2.32. The van der Waals surface area contributed by atoms with Crippen LogP contribution in [0.25, 0.3) is 0 Å². The molecule has 0 aliphatic carbocycles. The summed E-state index contributed by atoms with van der Waals surface area (Å²) < 4.78 is 142. The summed E-state index contributed by atoms with van der Waals surface area (Å²) in [6.07, 6.45) is -19.1. The molecular formula is C28H31F12N7O5. The number of carboxylic acids is 2. The first kappa shape index (κ1) is 46.5. The number of carbonyl (C=O) groups excluding carboxylic acids is 1. The molecule has 11 N–H and O–H groups in total. The summed E-state index contributed by atoms with van der Waals surface area (Å²) >= 11 is 0. The Morgan fingerprint density at radius 2 is 0.923 bits per heavy atom. The molecule has 292 valence electrons. The van der Waals surface area contributed by atoms with Crippen LogP contribution < -0.4 is 28.3 Å². The van der Waals surface area contributed by atoms with Gasteiger partial charge in [-0.05, 0) is 54.7 Å². The van der Waals surface area contributed by atoms with Gasteiger partial charge in [0.1, 0.15) is 0 Å². The molecule has 0 spiro atoms. The Bertz CT molecular complexity index is 1430. The van der Waals surface area contributed by atoms with Gasteiger partial charge in [-0.1, -0.05) is 24.3 Å². The van der Waals surface area contributed by atoms with E-state index in [9.17, 15) is 57.5 Å². The third-order valence-corrected chi connectivity index (χ3v) is 6.09. The number of benzene rings is 2. The van der Waals surface area contributed by atoms with E-state index in [0.29, 0.717) is 17.5 Å². The molecule has 12 nitrogen and oxygen atoms in total. The van der Waals surface area contributed by atoms with Crippen LogP contribution in [-0.2, 0) is 39.6 Å². The van der Waals surface area contributed by atoms with Gasteiger partial charge in [0.2, 0.25) is 5.91 Å². The van der Waals surface area contributed by atoms with E-state index >= 15 is 0 Å². The lowest BCUT2D eigenvalue weighted by atomic mass is 9.75. The molecule has 0 unspecified atom stereocenters. The molecule has 0 radical (unpaired) electrons. The van der Waals surface area contributed by atoms with Gasteiger partial charge in [-0.15, -0.1) is 0 Å². The predicted molar refractivity (Wildman–Crippen MR) is 159 cm³/mol. The highest BCUT2D eigenvalue weighted by Crippen LogP contribution is 2.34. The maximum atomic E-state index is 13.5. The molecule has 0 heterocycles. The van der Waals surface area contributed by atoms with E-state index in [1.165, 1.54) is 24.3 Å². The SMILES string of the molecule is NC(N)=NCCCNC(=O)C(CN=C(N)N)(Cc1ccc(C(F)(F)F)cc1)Cc1ccc(C(F)(F)F)cc1.O=C(O)C(F)(F)F.O=C(O)C(F)(F)F. The van der Waals surface area contributed by atoms with Crippen LogP contribution in [0, 0.1) is 5.41 Å². The van der Waals surface area contributed by atoms with Crippen LogP contribution in [0.5, 0.6) is 0 Å². The maximum Gasteiger partial charge on any atom is 0.490 e. The largest absolute Gasteiger partial charge is 0.490 e. The molecule has 0 saturated heterocycles. The van der Waals surface area contributed by atoms with Gasteiger partial charge in [0.25, 0.3) is 0 Å². The zero-order valence-electron chi connectivity index (χ0n) is 26.2. The lowest BCUT2D eigenvalue weighted by molar-refractivity contribution is -0.193. The second-order valence-electron chi connectivity index (χ2n) is 10.3. The molecule has 52 heavy (non-hydrogen) atoms. The molecule has 0 fully saturated rings. The summed E-state index contributed by atoms with van der Waals surface area (Å²) in [5, 5.41) is 17.0. The number of amides is 1. The van der Waals surface area contributed by atoms with Crippen LogP contribution in [0.2, 0.25) is 0 Å². The normalized spacial score (nSPS) is 11.8. The highest BCUT2D eigenvalue weighted by molar-refractivity contribution is 5.84. The molecule has 0 aliphatic heterocycles. The Morgan fingerprint density at radius 1 is 0.596 bits per heavy atom. The first-order chi connectivity index (χ1) is 23.5. The molecule has 0 bridgehead atoms. The van der Waals surface area contributed by atoms with Crippen molar-refractivity contribution in [3.8, 4) is 0 Å². The lowest BCUT2D eigenvalue weighted by Crippen LogP contribution is -2.47. The number of nitrogens with zero attached hydrogens (tertiary/aromatic N) is 2. The molecule has 2 aromatic rings. The molecule has 0 aliphatic rings. The maximum absolute atomic E-state index is 13.5. The van der Waals surface area contributed by atoms with Crippen molar-refractivity contribution in [2.24, 2.45) is 38.3 Å². The van der Waals surface area contributed by atoms with E-state index in [4.69, 9.17) is 42.7 Å². The number of halogens is 12. The van der Waals surface area contributed by atoms with Crippen LogP contribution in [-0.4, -0.2) is 72.0 Å². The van der Waals surface area contributed by atoms with Crippen molar-refractivity contribution in [1.82, 2.24) is 5.32 Å². The van der Waals surface area contributed by atoms with Crippen molar-refractivity contribution in [1.29, 1.82) is 0 Å². The van der Waals surface area contributed by atoms with Gasteiger partial charge in [-0.3, -0.25) is 14.8 Å². The van der Waals surface area contributed by atoms with Crippen LogP contribution in [0.1, 0.15) is 28.7 Å². The fourth-order valence-electron chi connectivity index (χ4n) is 3.73. The van der Waals surface area contributed by atoms with Gasteiger partial charge >= 0.3 is 36.6 Å². The summed E-state index contributed by atoms with van der Waals surface area (Å²) in [6, 6.07) is 8.44. The topological polar surface area (TPSA) is 232 Å². The summed E-state index contributed by atoms with van der Waals surface area (Å²) in [5.41, 5.74) is 19.1. The second kappa shape index (κ2) is 19.2. The minimum absolute atomic E-state index is 0.108. The predicted octanol–water partition coefficient (Wildman–Crippen LogP) is 3.82. The summed E-state index contributed by atoms with van der Waals surface area (Å²) in [7, 11) is 0. The summed E-state index contributed by atoms with van der Waals surface area (Å²) in [6.45, 7) is 0.0810. The molecule has 0 atom stereocenters. The number of nitrogens with one attached hydrogen (secondary N) is 1. The van der Waals surface area contributed by atoms with Crippen LogP contribution in [0.15, 0.2) is 58.5 Å². The van der Waals surface area contributed by atoms with E-state index in [-0.39, 0.29) is 44.4 Å². The van der Waals surface area contributed by atoms with Crippen molar-refractivity contribution in [3.05, 3.63) is 70.8 Å². The zero-order valence-corrected chi connectivity index (χ0v) is 26.2. The first-order valence-corrected chi connectivity index (χ1v) is 13.8. The minimum Gasteiger partial charge on any atom is -0.475 e. The van der Waals surface area contributed by atoms with Crippen LogP contribution in [0.4, 0.5) is 52.7 Å². The summed E-state index contributed by atoms with van der Waals surface area (Å²) in [5.74, 6) is -6.52. The van der Waals surface area contributed by atoms with E-state index in [0.717, 1.165) is 24.3 Å². The number of carbonyl (C=O) groups is 3. The Labute approximate surface area is 285 Å². The van der Waals surface area contributed by atoms with Gasteiger partial charge in [0.15, 0.2) is 11.9 Å². The Hall–Kier alpha value is -5.45. The number of carboxylic acid groups (broad SMARTS) is 2. The number of rotatable bonds is 11. The number of nitrogens with two attached hydrogens (primary N) is 4. The fraction of sp³-hybridized carbons (Fsp3) is 0.393. The van der Waals surface area contributed by atoms with Gasteiger partial charge in [-0.25, -0.2) is 9.59 Å². The molecule has 2 aromatic carbocycles. The van der Waals surface area contributed by atoms with Crippen molar-refractivity contribution < 1.29 is 77.3 Å². The average molecular weight is 774 g/mol. The molecule has 24 heteroatoms. The Morgan fingerprint density at radius 3 is 1.19 bits per heavy atom. The first-order valence-electron chi connectivity index (χ1n) is 13.8. The number of hydrogen-bond donors (Lipinski definition) is 7. The minimum atomic E-state index is -5.08. The fourth-order valence-corrected chi connectivity index (χ4v) is 3.73. The summed E-state index contributed by atoms with van der Waals surface area (Å²) in [4.78, 5) is 39.1. The van der Waals surface area contributed by atoms with Crippen LogP contribution >= 0.6 is 0 Å². The standard InChI is InChI=1S/C24H29F6N7O.2C2HF3O2/c25-23(26,27)17-6-2-15(3-7-17)12-22(14-37-21(33)34,19(38)35-10-1-11-36-20(31)32)13-16-4-8-18(9-5-16)24(28,29)30;2*3-2(4,5)1(6)7/h2-9H,1,10-14H2,(H,35,38)(H4,31,32,36)(H4,33,34,37);2*(H,6,7). The van der Waals surface area contributed by atoms with Gasteiger partial charge in [0, 0.05) is 13.1 Å². The van der Waals surface area contributed by atoms with Crippen molar-refractivity contribution >= 4 is 29.8 Å². The third-order valence-electron chi connectivity index (χ3n) is 6.09. The quantitative estimate of drug-likeness (QED) is 0.0761. The van der Waals surface area contributed by atoms with Gasteiger partial charge in [-0.2, -0.15) is 52.7 Å². The molecular weight excluding hydrogens is 742 g/mol. The van der Waals surface area contributed by atoms with Gasteiger partial charge < -0.3 is 38.5 Å². The van der Waals surface area contributed by atoms with Crippen LogP contribution in [0.3, 0.4) is 0 Å². The monoisotopic (exact) mass is 773 g/mol. The average Bonchev–Trinajstić information content (AvgIpc) is 2.98. The van der Waals surface area contributed by atoms with E-state index in [1.54, 1.807) is 0 Å². The zero-order chi connectivity index (χ0) is 40.7. The molecule has 1 amide bonds. The number of alkyl halides is 12. The van der Waals surface area contributed by atoms with E-state index in [1.807, 2.05) is 0 Å². The van der Waals surface area contributed by atoms with Crippen molar-refractivity contribution in [2.75, 3.05) is 19.6 Å². The Kier molecular flexibility index (Phi) is 17.2. The van der Waals surface area contributed by atoms with Gasteiger partial charge in [0.05, 0.1) is 23.1 Å².